The maximum Gasteiger partial charge on any atom is 0.0577 e. The minimum absolute atomic E-state index is 0.0655. The molecule has 11 heavy (non-hydrogen) atoms. The second-order valence-corrected chi connectivity index (χ2v) is 6.30. The lowest BCUT2D eigenvalue weighted by molar-refractivity contribution is 0.491. The smallest absolute Gasteiger partial charge is 0.0577 e. The van der Waals surface area contributed by atoms with Crippen molar-refractivity contribution in [3.63, 3.8) is 0 Å². The summed E-state index contributed by atoms with van der Waals surface area (Å²) in [4.78, 5) is 9.41. The van der Waals surface area contributed by atoms with Crippen molar-refractivity contribution < 1.29 is 4.89 Å². The summed E-state index contributed by atoms with van der Waals surface area (Å²) in [7, 11) is 0. The highest BCUT2D eigenvalue weighted by Crippen LogP contribution is 2.41. The van der Waals surface area contributed by atoms with Gasteiger partial charge in [0.15, 0.2) is 0 Å². The van der Waals surface area contributed by atoms with Gasteiger partial charge >= 0.3 is 0 Å². The molecule has 0 aliphatic heterocycles. The van der Waals surface area contributed by atoms with Crippen molar-refractivity contribution in [1.82, 2.24) is 0 Å². The Balaban J connectivity index is 3.99. The maximum absolute atomic E-state index is 9.41. The minimum atomic E-state index is -1.51. The van der Waals surface area contributed by atoms with Crippen LogP contribution >= 0.6 is 6.92 Å². The standard InChI is InChI=1S/C8H19OPS/c1-4-6-7-8(3,5-2)10(9)11/h10H,4-7H2,1-3H3,(H,9,11). The zero-order chi connectivity index (χ0) is 8.91. The third-order valence-corrected chi connectivity index (χ3v) is 5.49. The van der Waals surface area contributed by atoms with E-state index in [4.69, 9.17) is 11.8 Å². The molecule has 1 N–H and O–H groups in total. The highest BCUT2D eigenvalue weighted by atomic mass is 32.4. The average molecular weight is 194 g/mol. The topological polar surface area (TPSA) is 20.2 Å². The van der Waals surface area contributed by atoms with E-state index in [1.54, 1.807) is 0 Å². The van der Waals surface area contributed by atoms with Crippen LogP contribution in [0, 0.1) is 0 Å². The van der Waals surface area contributed by atoms with Gasteiger partial charge in [-0.2, -0.15) is 0 Å². The molecule has 0 bridgehead atoms. The fourth-order valence-electron chi connectivity index (χ4n) is 1.00. The zero-order valence-corrected chi connectivity index (χ0v) is 9.50. The highest BCUT2D eigenvalue weighted by molar-refractivity contribution is 8.03. The van der Waals surface area contributed by atoms with Gasteiger partial charge in [-0.15, -0.1) is 0 Å². The molecule has 0 spiro atoms. The summed E-state index contributed by atoms with van der Waals surface area (Å²) in [5, 5.41) is 0.0655. The van der Waals surface area contributed by atoms with Gasteiger partial charge in [0.1, 0.15) is 0 Å². The highest BCUT2D eigenvalue weighted by Gasteiger charge is 2.23. The Bertz CT molecular complexity index is 138. The first kappa shape index (κ1) is 11.6. The van der Waals surface area contributed by atoms with E-state index in [9.17, 15) is 4.89 Å². The molecule has 0 aromatic rings. The molecule has 0 radical (unpaired) electrons. The van der Waals surface area contributed by atoms with Gasteiger partial charge in [0.2, 0.25) is 0 Å². The van der Waals surface area contributed by atoms with E-state index < -0.39 is 6.92 Å². The molecule has 0 saturated heterocycles. The molecular weight excluding hydrogens is 175 g/mol. The van der Waals surface area contributed by atoms with E-state index in [2.05, 4.69) is 20.8 Å². The summed E-state index contributed by atoms with van der Waals surface area (Å²) in [6.07, 6.45) is 4.49. The summed E-state index contributed by atoms with van der Waals surface area (Å²) in [6, 6.07) is 0. The number of unbranched alkanes of at least 4 members (excludes halogenated alkanes) is 1. The van der Waals surface area contributed by atoms with Gasteiger partial charge in [0, 0.05) is 5.16 Å². The van der Waals surface area contributed by atoms with E-state index in [0.717, 1.165) is 12.8 Å². The number of hydrogen-bond donors (Lipinski definition) is 1. The monoisotopic (exact) mass is 194 g/mol. The van der Waals surface area contributed by atoms with Crippen molar-refractivity contribution in [3.05, 3.63) is 0 Å². The van der Waals surface area contributed by atoms with Crippen molar-refractivity contribution in [1.29, 1.82) is 0 Å². The van der Waals surface area contributed by atoms with Crippen molar-refractivity contribution in [2.45, 2.75) is 51.6 Å². The molecule has 0 amide bonds. The molecule has 0 aromatic carbocycles. The quantitative estimate of drug-likeness (QED) is 0.679. The summed E-state index contributed by atoms with van der Waals surface area (Å²) < 4.78 is 0. The Kier molecular flexibility index (Phi) is 5.58. The van der Waals surface area contributed by atoms with E-state index in [0.29, 0.717) is 0 Å². The van der Waals surface area contributed by atoms with Crippen molar-refractivity contribution in [2.75, 3.05) is 0 Å². The largest absolute Gasteiger partial charge is 0.368 e. The van der Waals surface area contributed by atoms with Crippen LogP contribution in [0.5, 0.6) is 0 Å². The predicted octanol–water partition coefficient (Wildman–Crippen LogP) is 2.93. The molecule has 0 saturated carbocycles. The Morgan fingerprint density at radius 3 is 2.27 bits per heavy atom. The van der Waals surface area contributed by atoms with Crippen LogP contribution in [0.15, 0.2) is 0 Å². The van der Waals surface area contributed by atoms with Crippen molar-refractivity contribution in [2.24, 2.45) is 0 Å². The molecule has 0 fully saturated rings. The second-order valence-electron chi connectivity index (χ2n) is 3.32. The summed E-state index contributed by atoms with van der Waals surface area (Å²) in [5.74, 6) is 0. The van der Waals surface area contributed by atoms with E-state index >= 15 is 0 Å². The molecular formula is C8H19OPS. The molecule has 2 unspecified atom stereocenters. The van der Waals surface area contributed by atoms with E-state index in [1.165, 1.54) is 12.8 Å². The number of hydrogen-bond acceptors (Lipinski definition) is 1. The van der Waals surface area contributed by atoms with E-state index in [-0.39, 0.29) is 5.16 Å². The van der Waals surface area contributed by atoms with Gasteiger partial charge in [0.25, 0.3) is 0 Å². The Morgan fingerprint density at radius 2 is 2.00 bits per heavy atom. The number of rotatable bonds is 5. The molecule has 68 valence electrons. The van der Waals surface area contributed by atoms with Gasteiger partial charge in [-0.05, 0) is 12.8 Å². The first-order chi connectivity index (χ1) is 5.06. The third-order valence-electron chi connectivity index (χ3n) is 2.38. The van der Waals surface area contributed by atoms with Crippen LogP contribution in [0.25, 0.3) is 0 Å². The lowest BCUT2D eigenvalue weighted by Crippen LogP contribution is -2.17. The van der Waals surface area contributed by atoms with E-state index in [1.807, 2.05) is 0 Å². The van der Waals surface area contributed by atoms with Gasteiger partial charge in [-0.25, -0.2) is 0 Å². The van der Waals surface area contributed by atoms with Crippen LogP contribution < -0.4 is 0 Å². The van der Waals surface area contributed by atoms with Crippen LogP contribution in [0.1, 0.15) is 46.5 Å². The summed E-state index contributed by atoms with van der Waals surface area (Å²) >= 11 is 4.98. The summed E-state index contributed by atoms with van der Waals surface area (Å²) in [6.45, 7) is 4.89. The SMILES string of the molecule is CCCCC(C)(CC)[PH](O)=S. The third kappa shape index (κ3) is 3.68. The molecule has 1 nitrogen and oxygen atoms in total. The van der Waals surface area contributed by atoms with Crippen LogP contribution in [0.4, 0.5) is 0 Å². The maximum atomic E-state index is 9.41. The Labute approximate surface area is 75.7 Å². The van der Waals surface area contributed by atoms with Gasteiger partial charge < -0.3 is 4.89 Å². The molecule has 0 aromatic heterocycles. The Hall–Kier alpha value is 0.610. The van der Waals surface area contributed by atoms with Crippen molar-refractivity contribution >= 4 is 18.7 Å². The lowest BCUT2D eigenvalue weighted by atomic mass is 10.0. The lowest BCUT2D eigenvalue weighted by Gasteiger charge is -2.26. The Morgan fingerprint density at radius 1 is 1.45 bits per heavy atom. The predicted molar refractivity (Wildman–Crippen MR) is 56.1 cm³/mol. The fourth-order valence-corrected chi connectivity index (χ4v) is 2.43. The second kappa shape index (κ2) is 5.29. The molecule has 0 aliphatic rings. The first-order valence-electron chi connectivity index (χ1n) is 4.30. The normalized spacial score (nSPS) is 19.3. The molecule has 2 atom stereocenters. The van der Waals surface area contributed by atoms with Crippen LogP contribution in [-0.4, -0.2) is 10.0 Å². The molecule has 0 aliphatic carbocycles. The van der Waals surface area contributed by atoms with Gasteiger partial charge in [-0.1, -0.05) is 45.4 Å². The summed E-state index contributed by atoms with van der Waals surface area (Å²) in [5.41, 5.74) is 0. The fraction of sp³-hybridized carbons (Fsp3) is 1.00. The first-order valence-corrected chi connectivity index (χ1v) is 6.88. The minimum Gasteiger partial charge on any atom is -0.368 e. The molecule has 0 heterocycles. The van der Waals surface area contributed by atoms with Crippen LogP contribution in [0.3, 0.4) is 0 Å². The molecule has 3 heteroatoms. The average Bonchev–Trinajstić information content (AvgIpc) is 2.00. The van der Waals surface area contributed by atoms with Gasteiger partial charge in [-0.3, -0.25) is 0 Å². The van der Waals surface area contributed by atoms with Crippen LogP contribution in [-0.2, 0) is 11.8 Å². The molecule has 0 rings (SSSR count). The van der Waals surface area contributed by atoms with Crippen molar-refractivity contribution in [3.8, 4) is 0 Å². The van der Waals surface area contributed by atoms with Crippen LogP contribution in [0.2, 0.25) is 0 Å². The zero-order valence-electron chi connectivity index (χ0n) is 7.68. The van der Waals surface area contributed by atoms with Gasteiger partial charge in [0.05, 0.1) is 6.92 Å².